The fourth-order valence-electron chi connectivity index (χ4n) is 8.98. The Morgan fingerprint density at radius 2 is 1.75 bits per heavy atom. The lowest BCUT2D eigenvalue weighted by atomic mass is 9.56. The number of nitrogens with zero attached hydrogens (tertiary/aromatic N) is 3. The van der Waals surface area contributed by atoms with Crippen LogP contribution in [0.1, 0.15) is 73.2 Å². The lowest BCUT2D eigenvalue weighted by molar-refractivity contribution is -0.223. The third kappa shape index (κ3) is 10.5. The predicted molar refractivity (Wildman–Crippen MR) is 234 cm³/mol. The van der Waals surface area contributed by atoms with Gasteiger partial charge in [-0.25, -0.2) is 4.79 Å². The average Bonchev–Trinajstić information content (AvgIpc) is 3.28. The van der Waals surface area contributed by atoms with Gasteiger partial charge < -0.3 is 34.6 Å². The quantitative estimate of drug-likeness (QED) is 0.0424. The monoisotopic (exact) mass is 832 g/mol. The number of hydrogen-bond acceptors (Lipinski definition) is 11. The first-order chi connectivity index (χ1) is 29.5. The van der Waals surface area contributed by atoms with Crippen molar-refractivity contribution in [1.82, 2.24) is 15.3 Å². The smallest absolute Gasteiger partial charge is 0.412 e. The zero-order chi connectivity index (χ0) is 41.6. The van der Waals surface area contributed by atoms with Gasteiger partial charge in [0.05, 0.1) is 29.2 Å². The molecule has 0 saturated heterocycles. The Labute approximate surface area is 357 Å². The Morgan fingerprint density at radius 1 is 0.983 bits per heavy atom. The fourth-order valence-corrected chi connectivity index (χ4v) is 10.4. The highest BCUT2D eigenvalue weighted by Crippen LogP contribution is 2.62. The van der Waals surface area contributed by atoms with Gasteiger partial charge in [0.1, 0.15) is 18.1 Å². The summed E-state index contributed by atoms with van der Waals surface area (Å²) in [6, 6.07) is 25.4. The number of aliphatic hydroxyl groups is 2. The number of benzene rings is 3. The lowest BCUT2D eigenvalue weighted by Gasteiger charge is -2.58. The van der Waals surface area contributed by atoms with Crippen LogP contribution in [-0.4, -0.2) is 68.6 Å². The van der Waals surface area contributed by atoms with E-state index in [2.05, 4.69) is 27.9 Å². The van der Waals surface area contributed by atoms with Crippen LogP contribution in [0.2, 0.25) is 0 Å². The van der Waals surface area contributed by atoms with Crippen LogP contribution in [0.15, 0.2) is 127 Å². The second kappa shape index (κ2) is 21.5. The van der Waals surface area contributed by atoms with Gasteiger partial charge in [0.2, 0.25) is 5.79 Å². The number of ether oxygens (including phenoxy) is 3. The lowest BCUT2D eigenvalue weighted by Crippen LogP contribution is -2.64. The van der Waals surface area contributed by atoms with Gasteiger partial charge in [-0.05, 0) is 78.2 Å². The molecule has 7 rings (SSSR count). The normalized spacial score (nSPS) is 23.4. The summed E-state index contributed by atoms with van der Waals surface area (Å²) < 4.78 is 20.3. The molecule has 4 aromatic rings. The van der Waals surface area contributed by atoms with Crippen LogP contribution >= 0.6 is 11.8 Å². The maximum absolute atomic E-state index is 13.2. The van der Waals surface area contributed by atoms with Gasteiger partial charge in [-0.2, -0.15) is 11.8 Å². The maximum atomic E-state index is 13.2. The first-order valence-corrected chi connectivity index (χ1v) is 22.2. The Morgan fingerprint density at radius 3 is 2.48 bits per heavy atom. The third-order valence-electron chi connectivity index (χ3n) is 11.7. The van der Waals surface area contributed by atoms with Crippen molar-refractivity contribution in [1.29, 1.82) is 0 Å². The molecule has 3 N–H and O–H groups in total. The molecule has 1 amide bonds. The first-order valence-electron chi connectivity index (χ1n) is 21.1. The van der Waals surface area contributed by atoms with E-state index in [9.17, 15) is 15.0 Å². The van der Waals surface area contributed by atoms with Crippen LogP contribution in [0.3, 0.4) is 0 Å². The molecule has 3 aromatic carbocycles. The number of thioether (sulfide) groups is 1. The molecule has 2 aliphatic carbocycles. The molecule has 1 aliphatic heterocycles. The second-order valence-corrected chi connectivity index (χ2v) is 16.9. The number of nitrogens with one attached hydrogen (secondary N) is 1. The van der Waals surface area contributed by atoms with E-state index < -0.39 is 11.9 Å². The molecule has 0 bridgehead atoms. The van der Waals surface area contributed by atoms with Gasteiger partial charge in [-0.1, -0.05) is 90.8 Å². The molecule has 0 spiro atoms. The number of aromatic nitrogens is 2. The zero-order valence-electron chi connectivity index (χ0n) is 34.1. The molecule has 2 heterocycles. The van der Waals surface area contributed by atoms with Crippen LogP contribution in [-0.2, 0) is 29.1 Å². The SMILES string of the molecule is C=CCOC12Oc3ccc(OC(=O)NCc4ccccc4)cc3C3C(CCCCO)C(CCCCO)C=C(C(=NOCc4ccccc4)CC1SCCc1cnccn1)C32. The minimum Gasteiger partial charge on any atom is -0.460 e. The number of carbonyl (C=O) groups is 1. The summed E-state index contributed by atoms with van der Waals surface area (Å²) >= 11 is 1.78. The van der Waals surface area contributed by atoms with E-state index in [-0.39, 0.29) is 48.7 Å². The van der Waals surface area contributed by atoms with Crippen molar-refractivity contribution in [2.75, 3.05) is 25.6 Å². The number of rotatable bonds is 21. The fraction of sp³-hybridized carbons (Fsp3) is 0.417. The van der Waals surface area contributed by atoms with E-state index >= 15 is 0 Å². The van der Waals surface area contributed by atoms with E-state index in [1.54, 1.807) is 42.5 Å². The Bertz CT molecular complexity index is 2050. The topological polar surface area (TPSA) is 145 Å². The second-order valence-electron chi connectivity index (χ2n) is 15.6. The van der Waals surface area contributed by atoms with Crippen molar-refractivity contribution < 1.29 is 34.1 Å². The molecule has 316 valence electrons. The summed E-state index contributed by atoms with van der Waals surface area (Å²) in [6.45, 7) is 5.20. The largest absolute Gasteiger partial charge is 0.460 e. The van der Waals surface area contributed by atoms with E-state index in [0.717, 1.165) is 65.1 Å². The molecule has 1 fully saturated rings. The van der Waals surface area contributed by atoms with Gasteiger partial charge in [0, 0.05) is 62.7 Å². The highest BCUT2D eigenvalue weighted by atomic mass is 32.2. The van der Waals surface area contributed by atoms with Gasteiger partial charge in [-0.3, -0.25) is 9.97 Å². The number of allylic oxidation sites excluding steroid dienone is 1. The number of unbranched alkanes of at least 4 members (excludes halogenated alkanes) is 2. The molecular weight excluding hydrogens is 777 g/mol. The van der Waals surface area contributed by atoms with Crippen molar-refractivity contribution in [3.63, 3.8) is 0 Å². The predicted octanol–water partition coefficient (Wildman–Crippen LogP) is 8.57. The Balaban J connectivity index is 1.32. The molecule has 6 unspecified atom stereocenters. The minimum atomic E-state index is -1.12. The molecule has 1 saturated carbocycles. The minimum absolute atomic E-state index is 0.107. The summed E-state index contributed by atoms with van der Waals surface area (Å²) in [5.41, 5.74) is 5.73. The van der Waals surface area contributed by atoms with Gasteiger partial charge in [0.15, 0.2) is 0 Å². The summed E-state index contributed by atoms with van der Waals surface area (Å²) in [5.74, 6) is 0.475. The van der Waals surface area contributed by atoms with Crippen molar-refractivity contribution in [3.05, 3.63) is 144 Å². The standard InChI is InChI=1S/C48H56N4O7S/c1-2-26-56-48-44(60-27-21-37-32-49-22-23-50-37)30-42(52-57-33-35-15-7-4-8-16-35)40-28-36(17-9-11-24-53)39(18-10-12-25-54)45(46(40)48)41-29-38(19-20-43(41)59-48)58-47(55)51-31-34-13-5-3-6-14-34/h2-8,13-16,19-20,22-23,28-29,32,36,39,44-46,53-54H,1,9-12,17-18,21,24-27,30-31,33H2,(H,51,55). The number of aryl methyl sites for hydroxylation is 1. The summed E-state index contributed by atoms with van der Waals surface area (Å²) in [7, 11) is 0. The number of aliphatic hydroxyl groups excluding tert-OH is 2. The number of oxime groups is 1. The Hall–Kier alpha value is -5.01. The van der Waals surface area contributed by atoms with Crippen LogP contribution in [0.5, 0.6) is 11.5 Å². The highest BCUT2D eigenvalue weighted by molar-refractivity contribution is 8.00. The van der Waals surface area contributed by atoms with E-state index in [4.69, 9.17) is 24.2 Å². The Kier molecular flexibility index (Phi) is 15.4. The summed E-state index contributed by atoms with van der Waals surface area (Å²) in [6.07, 6.45) is 14.8. The number of carbonyl (C=O) groups excluding carboxylic acids is 1. The number of fused-ring (bicyclic) bond motifs is 2. The van der Waals surface area contributed by atoms with E-state index in [0.29, 0.717) is 50.3 Å². The summed E-state index contributed by atoms with van der Waals surface area (Å²) in [4.78, 5) is 28.2. The average molecular weight is 833 g/mol. The maximum Gasteiger partial charge on any atom is 0.412 e. The molecule has 3 aliphatic rings. The van der Waals surface area contributed by atoms with E-state index in [1.165, 1.54) is 0 Å². The van der Waals surface area contributed by atoms with Gasteiger partial charge in [0.25, 0.3) is 0 Å². The van der Waals surface area contributed by atoms with Crippen LogP contribution in [0.25, 0.3) is 0 Å². The van der Waals surface area contributed by atoms with E-state index in [1.807, 2.05) is 72.8 Å². The molecule has 1 aromatic heterocycles. The van der Waals surface area contributed by atoms with Crippen LogP contribution in [0, 0.1) is 17.8 Å². The van der Waals surface area contributed by atoms with Crippen LogP contribution in [0.4, 0.5) is 4.79 Å². The van der Waals surface area contributed by atoms with Crippen molar-refractivity contribution >= 4 is 23.6 Å². The van der Waals surface area contributed by atoms with Gasteiger partial charge in [-0.15, -0.1) is 6.58 Å². The first kappa shape index (κ1) is 43.1. The molecule has 60 heavy (non-hydrogen) atoms. The van der Waals surface area contributed by atoms with Crippen molar-refractivity contribution in [2.45, 2.75) is 81.5 Å². The highest BCUT2D eigenvalue weighted by Gasteiger charge is 2.64. The molecule has 12 heteroatoms. The third-order valence-corrected chi connectivity index (χ3v) is 13.0. The number of amides is 1. The summed E-state index contributed by atoms with van der Waals surface area (Å²) in [5, 5.41) is 27.4. The zero-order valence-corrected chi connectivity index (χ0v) is 34.9. The van der Waals surface area contributed by atoms with Crippen molar-refractivity contribution in [3.8, 4) is 11.5 Å². The number of hydrogen-bond donors (Lipinski definition) is 3. The molecule has 0 radical (unpaired) electrons. The van der Waals surface area contributed by atoms with Crippen molar-refractivity contribution in [2.24, 2.45) is 22.9 Å². The molecule has 11 nitrogen and oxygen atoms in total. The molecular formula is C48H56N4O7S. The van der Waals surface area contributed by atoms with Gasteiger partial charge >= 0.3 is 6.09 Å². The molecule has 6 atom stereocenters. The van der Waals surface area contributed by atoms with Crippen LogP contribution < -0.4 is 14.8 Å².